The Kier molecular flexibility index (Phi) is 3.37. The predicted molar refractivity (Wildman–Crippen MR) is 66.7 cm³/mol. The summed E-state index contributed by atoms with van der Waals surface area (Å²) in [4.78, 5) is 0. The number of piperidine rings is 1. The molecule has 0 radical (unpaired) electrons. The van der Waals surface area contributed by atoms with Crippen LogP contribution in [0, 0.1) is 5.92 Å². The quantitative estimate of drug-likeness (QED) is 0.895. The van der Waals surface area contributed by atoms with Gasteiger partial charge in [-0.2, -0.15) is 0 Å². The molecule has 1 aromatic rings. The van der Waals surface area contributed by atoms with Crippen molar-refractivity contribution >= 4 is 0 Å². The minimum atomic E-state index is -0.434. The van der Waals surface area contributed by atoms with E-state index < -0.39 is 6.67 Å². The van der Waals surface area contributed by atoms with E-state index in [4.69, 9.17) is 9.47 Å². The van der Waals surface area contributed by atoms with Gasteiger partial charge in [0, 0.05) is 0 Å². The number of hydrogen-bond acceptors (Lipinski definition) is 3. The molecule has 0 aliphatic carbocycles. The highest BCUT2D eigenvalue weighted by Gasteiger charge is 2.20. The highest BCUT2D eigenvalue weighted by molar-refractivity contribution is 5.48. The van der Waals surface area contributed by atoms with Crippen LogP contribution in [-0.4, -0.2) is 19.9 Å². The SMILES string of the molecule is FCc1cc2c(cc1CC1CCNCC1)OCO2. The zero-order valence-electron chi connectivity index (χ0n) is 10.4. The average Bonchev–Trinajstić information content (AvgIpc) is 2.86. The van der Waals surface area contributed by atoms with E-state index in [0.29, 0.717) is 11.7 Å². The van der Waals surface area contributed by atoms with Crippen LogP contribution in [0.4, 0.5) is 4.39 Å². The van der Waals surface area contributed by atoms with E-state index in [1.807, 2.05) is 6.07 Å². The van der Waals surface area contributed by atoms with Crippen molar-refractivity contribution in [3.05, 3.63) is 23.3 Å². The summed E-state index contributed by atoms with van der Waals surface area (Å²) in [5, 5.41) is 3.35. The Bertz CT molecular complexity index is 430. The molecule has 3 rings (SSSR count). The topological polar surface area (TPSA) is 30.5 Å². The molecule has 98 valence electrons. The van der Waals surface area contributed by atoms with Gasteiger partial charge in [-0.15, -0.1) is 0 Å². The molecule has 0 saturated carbocycles. The van der Waals surface area contributed by atoms with Crippen molar-refractivity contribution in [2.45, 2.75) is 25.9 Å². The molecule has 1 fully saturated rings. The van der Waals surface area contributed by atoms with Gasteiger partial charge in [-0.05, 0) is 61.5 Å². The maximum Gasteiger partial charge on any atom is 0.231 e. The van der Waals surface area contributed by atoms with Crippen molar-refractivity contribution in [1.82, 2.24) is 5.32 Å². The van der Waals surface area contributed by atoms with Crippen molar-refractivity contribution in [3.63, 3.8) is 0 Å². The molecule has 2 heterocycles. The fourth-order valence-electron chi connectivity index (χ4n) is 2.74. The molecule has 1 aromatic carbocycles. The van der Waals surface area contributed by atoms with Crippen molar-refractivity contribution in [3.8, 4) is 11.5 Å². The molecular weight excluding hydrogens is 233 g/mol. The molecule has 3 nitrogen and oxygen atoms in total. The largest absolute Gasteiger partial charge is 0.454 e. The lowest BCUT2D eigenvalue weighted by Gasteiger charge is -2.23. The second-order valence-electron chi connectivity index (χ2n) is 5.01. The molecular formula is C14H18FNO2. The summed E-state index contributed by atoms with van der Waals surface area (Å²) in [6, 6.07) is 3.75. The smallest absolute Gasteiger partial charge is 0.231 e. The van der Waals surface area contributed by atoms with Crippen LogP contribution < -0.4 is 14.8 Å². The Morgan fingerprint density at radius 3 is 2.44 bits per heavy atom. The normalized spacial score (nSPS) is 19.2. The van der Waals surface area contributed by atoms with Gasteiger partial charge >= 0.3 is 0 Å². The standard InChI is InChI=1S/C14H18FNO2/c15-8-12-7-14-13(17-9-18-14)6-11(12)5-10-1-3-16-4-2-10/h6-7,10,16H,1-5,8-9H2. The van der Waals surface area contributed by atoms with E-state index in [9.17, 15) is 4.39 Å². The minimum absolute atomic E-state index is 0.248. The number of nitrogens with one attached hydrogen (secondary N) is 1. The number of alkyl halides is 1. The van der Waals surface area contributed by atoms with Gasteiger partial charge in [0.05, 0.1) is 0 Å². The molecule has 0 bridgehead atoms. The molecule has 2 aliphatic heterocycles. The molecule has 2 aliphatic rings. The van der Waals surface area contributed by atoms with Crippen molar-refractivity contribution in [2.24, 2.45) is 5.92 Å². The third-order valence-corrected chi connectivity index (χ3v) is 3.81. The lowest BCUT2D eigenvalue weighted by atomic mass is 9.89. The van der Waals surface area contributed by atoms with Gasteiger partial charge in [0.1, 0.15) is 6.67 Å². The fourth-order valence-corrected chi connectivity index (χ4v) is 2.74. The fraction of sp³-hybridized carbons (Fsp3) is 0.571. The number of rotatable bonds is 3. The summed E-state index contributed by atoms with van der Waals surface area (Å²) in [7, 11) is 0. The first-order chi connectivity index (χ1) is 8.86. The maximum atomic E-state index is 13.1. The van der Waals surface area contributed by atoms with Gasteiger partial charge in [0.2, 0.25) is 6.79 Å². The third-order valence-electron chi connectivity index (χ3n) is 3.81. The Morgan fingerprint density at radius 1 is 1.11 bits per heavy atom. The lowest BCUT2D eigenvalue weighted by molar-refractivity contribution is 0.174. The summed E-state index contributed by atoms with van der Waals surface area (Å²) < 4.78 is 23.8. The Morgan fingerprint density at radius 2 is 1.78 bits per heavy atom. The molecule has 1 N–H and O–H groups in total. The van der Waals surface area contributed by atoms with Crippen LogP contribution in [0.15, 0.2) is 12.1 Å². The van der Waals surface area contributed by atoms with Gasteiger partial charge in [0.15, 0.2) is 11.5 Å². The van der Waals surface area contributed by atoms with Crippen LogP contribution in [0.1, 0.15) is 24.0 Å². The maximum absolute atomic E-state index is 13.1. The summed E-state index contributed by atoms with van der Waals surface area (Å²) >= 11 is 0. The molecule has 0 amide bonds. The number of halogens is 1. The van der Waals surface area contributed by atoms with Gasteiger partial charge in [-0.3, -0.25) is 0 Å². The van der Waals surface area contributed by atoms with Gasteiger partial charge in [0.25, 0.3) is 0 Å². The zero-order valence-corrected chi connectivity index (χ0v) is 10.4. The summed E-state index contributed by atoms with van der Waals surface area (Å²) in [6.07, 6.45) is 3.28. The first-order valence-corrected chi connectivity index (χ1v) is 6.55. The minimum Gasteiger partial charge on any atom is -0.454 e. The number of ether oxygens (including phenoxy) is 2. The number of fused-ring (bicyclic) bond motifs is 1. The van der Waals surface area contributed by atoms with Crippen molar-refractivity contribution < 1.29 is 13.9 Å². The highest BCUT2D eigenvalue weighted by atomic mass is 19.1. The lowest BCUT2D eigenvalue weighted by Crippen LogP contribution is -2.28. The molecule has 0 atom stereocenters. The van der Waals surface area contributed by atoms with Crippen molar-refractivity contribution in [1.29, 1.82) is 0 Å². The van der Waals surface area contributed by atoms with Gasteiger partial charge < -0.3 is 14.8 Å². The third kappa shape index (κ3) is 2.29. The van der Waals surface area contributed by atoms with Crippen molar-refractivity contribution in [2.75, 3.05) is 19.9 Å². The van der Waals surface area contributed by atoms with Crippen LogP contribution >= 0.6 is 0 Å². The van der Waals surface area contributed by atoms with E-state index in [1.54, 1.807) is 6.07 Å². The second kappa shape index (κ2) is 5.14. The first-order valence-electron chi connectivity index (χ1n) is 6.55. The van der Waals surface area contributed by atoms with Crippen LogP contribution in [0.3, 0.4) is 0 Å². The number of benzene rings is 1. The summed E-state index contributed by atoms with van der Waals surface area (Å²) in [6.45, 7) is 1.95. The molecule has 0 spiro atoms. The average molecular weight is 251 g/mol. The first kappa shape index (κ1) is 11.8. The summed E-state index contributed by atoms with van der Waals surface area (Å²) in [5.41, 5.74) is 1.83. The summed E-state index contributed by atoms with van der Waals surface area (Å²) in [5.74, 6) is 2.09. The zero-order chi connectivity index (χ0) is 12.4. The second-order valence-corrected chi connectivity index (χ2v) is 5.01. The van der Waals surface area contributed by atoms with Crippen LogP contribution in [0.25, 0.3) is 0 Å². The predicted octanol–water partition coefficient (Wildman–Crippen LogP) is 2.43. The van der Waals surface area contributed by atoms with Crippen LogP contribution in [0.2, 0.25) is 0 Å². The molecule has 0 unspecified atom stereocenters. The van der Waals surface area contributed by atoms with Gasteiger partial charge in [-0.1, -0.05) is 0 Å². The highest BCUT2D eigenvalue weighted by Crippen LogP contribution is 2.36. The molecule has 1 saturated heterocycles. The Balaban J connectivity index is 1.81. The Labute approximate surface area is 106 Å². The number of hydrogen-bond donors (Lipinski definition) is 1. The van der Waals surface area contributed by atoms with Crippen LogP contribution in [0.5, 0.6) is 11.5 Å². The van der Waals surface area contributed by atoms with E-state index in [-0.39, 0.29) is 6.79 Å². The molecule has 18 heavy (non-hydrogen) atoms. The van der Waals surface area contributed by atoms with E-state index in [1.165, 1.54) is 12.8 Å². The van der Waals surface area contributed by atoms with Crippen LogP contribution in [-0.2, 0) is 13.1 Å². The van der Waals surface area contributed by atoms with Gasteiger partial charge in [-0.25, -0.2) is 4.39 Å². The van der Waals surface area contributed by atoms with E-state index >= 15 is 0 Å². The van der Waals surface area contributed by atoms with E-state index in [2.05, 4.69) is 5.32 Å². The monoisotopic (exact) mass is 251 g/mol. The molecule has 0 aromatic heterocycles. The molecule has 4 heteroatoms. The van der Waals surface area contributed by atoms with E-state index in [0.717, 1.165) is 36.4 Å². The Hall–Kier alpha value is -1.29.